The maximum absolute atomic E-state index is 12.2. The summed E-state index contributed by atoms with van der Waals surface area (Å²) in [7, 11) is 0. The molecule has 0 amide bonds. The smallest absolute Gasteiger partial charge is 0.387 e. The van der Waals surface area contributed by atoms with Gasteiger partial charge >= 0.3 is 6.61 Å². The summed E-state index contributed by atoms with van der Waals surface area (Å²) >= 11 is 0. The highest BCUT2D eigenvalue weighted by Gasteiger charge is 2.41. The van der Waals surface area contributed by atoms with E-state index >= 15 is 0 Å². The van der Waals surface area contributed by atoms with E-state index in [2.05, 4.69) is 11.7 Å². The number of rotatable bonds is 5. The minimum Gasteiger partial charge on any atom is -0.435 e. The van der Waals surface area contributed by atoms with E-state index in [1.165, 1.54) is 12.8 Å². The molecule has 0 spiro atoms. The SMILES string of the molecule is CCC1(Cc2ccccc2OC(F)F)CC1. The summed E-state index contributed by atoms with van der Waals surface area (Å²) < 4.78 is 28.9. The third-order valence-corrected chi connectivity index (χ3v) is 3.46. The standard InChI is InChI=1S/C13H16F2O/c1-2-13(7-8-13)9-10-5-3-4-6-11(10)16-12(14)15/h3-6,12H,2,7-9H2,1H3. The number of hydrogen-bond donors (Lipinski definition) is 0. The van der Waals surface area contributed by atoms with E-state index in [1.54, 1.807) is 12.1 Å². The maximum atomic E-state index is 12.2. The van der Waals surface area contributed by atoms with E-state index in [-0.39, 0.29) is 0 Å². The summed E-state index contributed by atoms with van der Waals surface area (Å²) in [5.74, 6) is 0.331. The first-order chi connectivity index (χ1) is 7.65. The largest absolute Gasteiger partial charge is 0.435 e. The van der Waals surface area contributed by atoms with Crippen LogP contribution in [-0.4, -0.2) is 6.61 Å². The van der Waals surface area contributed by atoms with Gasteiger partial charge in [-0.1, -0.05) is 31.5 Å². The fraction of sp³-hybridized carbons (Fsp3) is 0.538. The first-order valence-corrected chi connectivity index (χ1v) is 5.68. The van der Waals surface area contributed by atoms with E-state index in [0.717, 1.165) is 18.4 Å². The molecule has 1 aliphatic rings. The summed E-state index contributed by atoms with van der Waals surface area (Å²) in [5, 5.41) is 0. The van der Waals surface area contributed by atoms with Crippen molar-refractivity contribution in [3.63, 3.8) is 0 Å². The molecule has 0 unspecified atom stereocenters. The highest BCUT2D eigenvalue weighted by Crippen LogP contribution is 2.52. The third-order valence-electron chi connectivity index (χ3n) is 3.46. The minimum atomic E-state index is -2.74. The van der Waals surface area contributed by atoms with Crippen molar-refractivity contribution in [3.05, 3.63) is 29.8 Å². The first-order valence-electron chi connectivity index (χ1n) is 5.68. The normalized spacial score (nSPS) is 17.5. The quantitative estimate of drug-likeness (QED) is 0.736. The van der Waals surface area contributed by atoms with Gasteiger partial charge in [0.25, 0.3) is 0 Å². The molecule has 1 fully saturated rings. The lowest BCUT2D eigenvalue weighted by molar-refractivity contribution is -0.0505. The van der Waals surface area contributed by atoms with Crippen LogP contribution in [0.3, 0.4) is 0 Å². The lowest BCUT2D eigenvalue weighted by Gasteiger charge is -2.15. The number of alkyl halides is 2. The van der Waals surface area contributed by atoms with Crippen molar-refractivity contribution in [2.75, 3.05) is 0 Å². The number of halogens is 2. The Morgan fingerprint density at radius 1 is 1.31 bits per heavy atom. The molecule has 0 saturated heterocycles. The van der Waals surface area contributed by atoms with Gasteiger partial charge in [0, 0.05) is 0 Å². The average molecular weight is 226 g/mol. The zero-order valence-electron chi connectivity index (χ0n) is 9.38. The average Bonchev–Trinajstić information content (AvgIpc) is 3.01. The molecule has 1 nitrogen and oxygen atoms in total. The molecular formula is C13H16F2O. The number of ether oxygens (including phenoxy) is 1. The van der Waals surface area contributed by atoms with Crippen molar-refractivity contribution < 1.29 is 13.5 Å². The van der Waals surface area contributed by atoms with Crippen LogP contribution in [0.25, 0.3) is 0 Å². The van der Waals surface area contributed by atoms with Crippen molar-refractivity contribution in [2.24, 2.45) is 5.41 Å². The van der Waals surface area contributed by atoms with Gasteiger partial charge in [-0.2, -0.15) is 8.78 Å². The Balaban J connectivity index is 2.13. The minimum absolute atomic E-state index is 0.331. The highest BCUT2D eigenvalue weighted by atomic mass is 19.3. The highest BCUT2D eigenvalue weighted by molar-refractivity contribution is 5.35. The zero-order chi connectivity index (χ0) is 11.6. The molecule has 0 atom stereocenters. The second-order valence-electron chi connectivity index (χ2n) is 4.52. The molecule has 0 heterocycles. The van der Waals surface area contributed by atoms with Gasteiger partial charge in [-0.15, -0.1) is 0 Å². The Morgan fingerprint density at radius 2 is 2.00 bits per heavy atom. The summed E-state index contributed by atoms with van der Waals surface area (Å²) in [4.78, 5) is 0. The van der Waals surface area contributed by atoms with Crippen molar-refractivity contribution in [1.82, 2.24) is 0 Å². The van der Waals surface area contributed by atoms with Crippen LogP contribution in [0.5, 0.6) is 5.75 Å². The van der Waals surface area contributed by atoms with Gasteiger partial charge in [0.05, 0.1) is 0 Å². The summed E-state index contributed by atoms with van der Waals surface area (Å²) in [6.07, 6.45) is 4.36. The van der Waals surface area contributed by atoms with E-state index in [1.807, 2.05) is 12.1 Å². The molecule has 0 N–H and O–H groups in total. The predicted octanol–water partition coefficient (Wildman–Crippen LogP) is 4.02. The van der Waals surface area contributed by atoms with Crippen molar-refractivity contribution >= 4 is 0 Å². The van der Waals surface area contributed by atoms with Gasteiger partial charge in [-0.25, -0.2) is 0 Å². The first kappa shape index (κ1) is 11.4. The van der Waals surface area contributed by atoms with Gasteiger partial charge in [0.2, 0.25) is 0 Å². The summed E-state index contributed by atoms with van der Waals surface area (Å²) in [5.41, 5.74) is 1.25. The number of benzene rings is 1. The van der Waals surface area contributed by atoms with Gasteiger partial charge < -0.3 is 4.74 Å². The second-order valence-corrected chi connectivity index (χ2v) is 4.52. The summed E-state index contributed by atoms with van der Waals surface area (Å²) in [6, 6.07) is 7.10. The summed E-state index contributed by atoms with van der Waals surface area (Å²) in [6.45, 7) is -0.582. The molecule has 2 rings (SSSR count). The van der Waals surface area contributed by atoms with E-state index in [0.29, 0.717) is 11.2 Å². The van der Waals surface area contributed by atoms with Gasteiger partial charge in [0.1, 0.15) is 5.75 Å². The van der Waals surface area contributed by atoms with Crippen LogP contribution in [0.4, 0.5) is 8.78 Å². The number of para-hydroxylation sites is 1. The monoisotopic (exact) mass is 226 g/mol. The Bertz CT molecular complexity index is 359. The van der Waals surface area contributed by atoms with Crippen molar-refractivity contribution in [3.8, 4) is 5.75 Å². The fourth-order valence-electron chi connectivity index (χ4n) is 2.10. The molecule has 1 aromatic carbocycles. The molecule has 1 aromatic rings. The van der Waals surface area contributed by atoms with Crippen LogP contribution < -0.4 is 4.74 Å². The zero-order valence-corrected chi connectivity index (χ0v) is 9.38. The van der Waals surface area contributed by atoms with Crippen molar-refractivity contribution in [1.29, 1.82) is 0 Å². The Hall–Kier alpha value is -1.12. The lowest BCUT2D eigenvalue weighted by Crippen LogP contribution is -2.08. The van der Waals surface area contributed by atoms with Gasteiger partial charge in [0.15, 0.2) is 0 Å². The van der Waals surface area contributed by atoms with Crippen LogP contribution in [0.15, 0.2) is 24.3 Å². The molecule has 88 valence electrons. The third kappa shape index (κ3) is 2.52. The molecule has 16 heavy (non-hydrogen) atoms. The molecule has 1 aliphatic carbocycles. The van der Waals surface area contributed by atoms with Crippen LogP contribution >= 0.6 is 0 Å². The van der Waals surface area contributed by atoms with Crippen molar-refractivity contribution in [2.45, 2.75) is 39.2 Å². The molecule has 0 aromatic heterocycles. The molecule has 0 aliphatic heterocycles. The topological polar surface area (TPSA) is 9.23 Å². The molecule has 3 heteroatoms. The molecule has 1 saturated carbocycles. The lowest BCUT2D eigenvalue weighted by atomic mass is 9.93. The number of hydrogen-bond acceptors (Lipinski definition) is 1. The molecular weight excluding hydrogens is 210 g/mol. The Morgan fingerprint density at radius 3 is 2.56 bits per heavy atom. The van der Waals surface area contributed by atoms with Gasteiger partial charge in [-0.05, 0) is 36.3 Å². The van der Waals surface area contributed by atoms with Crippen LogP contribution in [0.1, 0.15) is 31.7 Å². The fourth-order valence-corrected chi connectivity index (χ4v) is 2.10. The molecule has 0 bridgehead atoms. The van der Waals surface area contributed by atoms with Crippen LogP contribution in [0.2, 0.25) is 0 Å². The van der Waals surface area contributed by atoms with Crippen LogP contribution in [-0.2, 0) is 6.42 Å². The Labute approximate surface area is 94.4 Å². The second kappa shape index (κ2) is 4.40. The van der Waals surface area contributed by atoms with E-state index in [9.17, 15) is 8.78 Å². The molecule has 0 radical (unpaired) electrons. The van der Waals surface area contributed by atoms with E-state index in [4.69, 9.17) is 0 Å². The Kier molecular flexibility index (Phi) is 3.13. The van der Waals surface area contributed by atoms with E-state index < -0.39 is 6.61 Å². The van der Waals surface area contributed by atoms with Gasteiger partial charge in [-0.3, -0.25) is 0 Å². The maximum Gasteiger partial charge on any atom is 0.387 e. The predicted molar refractivity (Wildman–Crippen MR) is 58.7 cm³/mol. The van der Waals surface area contributed by atoms with Crippen LogP contribution in [0, 0.1) is 5.41 Å².